The third kappa shape index (κ3) is 6.26. The van der Waals surface area contributed by atoms with Gasteiger partial charge in [-0.05, 0) is 12.8 Å². The van der Waals surface area contributed by atoms with Crippen LogP contribution in [0.5, 0.6) is 0 Å². The van der Waals surface area contributed by atoms with Gasteiger partial charge in [0, 0.05) is 6.54 Å². The number of rotatable bonds is 8. The first-order valence-corrected chi connectivity index (χ1v) is 6.02. The van der Waals surface area contributed by atoms with Crippen LogP contribution >= 0.6 is 0 Å². The highest BCUT2D eigenvalue weighted by molar-refractivity contribution is 4.71. The van der Waals surface area contributed by atoms with Gasteiger partial charge in [0.2, 0.25) is 0 Å². The molecular weight excluding hydrogens is 232 g/mol. The second-order valence-electron chi connectivity index (χ2n) is 4.54. The normalized spacial score (nSPS) is 19.8. The van der Waals surface area contributed by atoms with Crippen molar-refractivity contribution < 1.29 is 23.7 Å². The molecule has 0 saturated heterocycles. The van der Waals surface area contributed by atoms with Gasteiger partial charge in [-0.25, -0.2) is 8.78 Å². The Labute approximate surface area is 100.0 Å². The van der Waals surface area contributed by atoms with Crippen molar-refractivity contribution in [3.63, 3.8) is 0 Å². The zero-order valence-corrected chi connectivity index (χ0v) is 9.87. The first kappa shape index (κ1) is 14.8. The van der Waals surface area contributed by atoms with Crippen molar-refractivity contribution in [2.75, 3.05) is 26.3 Å². The number of aliphatic hydroxyl groups is 2. The minimum absolute atomic E-state index is 0.0440. The molecule has 1 aliphatic rings. The van der Waals surface area contributed by atoms with E-state index in [2.05, 4.69) is 5.32 Å². The van der Waals surface area contributed by atoms with Crippen LogP contribution in [-0.4, -0.2) is 54.6 Å². The predicted octanol–water partition coefficient (Wildman–Crippen LogP) is 0.524. The standard InChI is InChI=1S/C11H21F2NO3/c12-11(13,8-15)7-14-5-9(16)6-17-10-3-1-2-4-10/h9-10,14-16H,1-8H2. The summed E-state index contributed by atoms with van der Waals surface area (Å²) >= 11 is 0. The molecule has 0 heterocycles. The van der Waals surface area contributed by atoms with Crippen LogP contribution in [-0.2, 0) is 4.74 Å². The van der Waals surface area contributed by atoms with Crippen molar-refractivity contribution >= 4 is 0 Å². The number of aliphatic hydroxyl groups excluding tert-OH is 2. The van der Waals surface area contributed by atoms with E-state index in [-0.39, 0.29) is 19.3 Å². The lowest BCUT2D eigenvalue weighted by Crippen LogP contribution is -2.40. The molecule has 0 aromatic carbocycles. The molecule has 0 aliphatic heterocycles. The number of nitrogens with one attached hydrogen (secondary N) is 1. The van der Waals surface area contributed by atoms with Gasteiger partial charge in [-0.15, -0.1) is 0 Å². The van der Waals surface area contributed by atoms with E-state index in [9.17, 15) is 13.9 Å². The number of halogens is 2. The molecule has 0 amide bonds. The molecule has 0 bridgehead atoms. The monoisotopic (exact) mass is 253 g/mol. The van der Waals surface area contributed by atoms with Gasteiger partial charge in [0.25, 0.3) is 5.92 Å². The molecule has 1 unspecified atom stereocenters. The first-order chi connectivity index (χ1) is 8.03. The fourth-order valence-corrected chi connectivity index (χ4v) is 1.84. The molecule has 6 heteroatoms. The quantitative estimate of drug-likeness (QED) is 0.590. The summed E-state index contributed by atoms with van der Waals surface area (Å²) in [5, 5.41) is 20.2. The molecule has 17 heavy (non-hydrogen) atoms. The molecule has 0 aromatic rings. The fraction of sp³-hybridized carbons (Fsp3) is 1.00. The van der Waals surface area contributed by atoms with E-state index in [1.54, 1.807) is 0 Å². The van der Waals surface area contributed by atoms with Crippen molar-refractivity contribution in [1.29, 1.82) is 0 Å². The molecule has 3 N–H and O–H groups in total. The van der Waals surface area contributed by atoms with E-state index in [0.29, 0.717) is 0 Å². The Kier molecular flexibility index (Phi) is 6.26. The highest BCUT2D eigenvalue weighted by atomic mass is 19.3. The second-order valence-corrected chi connectivity index (χ2v) is 4.54. The fourth-order valence-electron chi connectivity index (χ4n) is 1.84. The number of hydrogen-bond donors (Lipinski definition) is 3. The van der Waals surface area contributed by atoms with Crippen molar-refractivity contribution in [3.05, 3.63) is 0 Å². The molecule has 1 fully saturated rings. The second kappa shape index (κ2) is 7.20. The smallest absolute Gasteiger partial charge is 0.282 e. The van der Waals surface area contributed by atoms with Crippen LogP contribution in [0.25, 0.3) is 0 Å². The van der Waals surface area contributed by atoms with Gasteiger partial charge >= 0.3 is 0 Å². The Hall–Kier alpha value is -0.300. The van der Waals surface area contributed by atoms with E-state index in [4.69, 9.17) is 9.84 Å². The van der Waals surface area contributed by atoms with E-state index in [1.165, 1.54) is 0 Å². The minimum Gasteiger partial charge on any atom is -0.390 e. The molecule has 0 spiro atoms. The molecule has 1 saturated carbocycles. The summed E-state index contributed by atoms with van der Waals surface area (Å²) in [7, 11) is 0. The summed E-state index contributed by atoms with van der Waals surface area (Å²) in [6.07, 6.45) is 3.77. The Morgan fingerprint density at radius 2 is 2.00 bits per heavy atom. The molecule has 1 aliphatic carbocycles. The average Bonchev–Trinajstić information content (AvgIpc) is 2.79. The average molecular weight is 253 g/mol. The summed E-state index contributed by atoms with van der Waals surface area (Å²) in [4.78, 5) is 0. The summed E-state index contributed by atoms with van der Waals surface area (Å²) in [6, 6.07) is 0. The van der Waals surface area contributed by atoms with Crippen molar-refractivity contribution in [1.82, 2.24) is 5.32 Å². The molecule has 0 radical (unpaired) electrons. The SMILES string of the molecule is OCC(F)(F)CNCC(O)COC1CCCC1. The van der Waals surface area contributed by atoms with Crippen LogP contribution in [0, 0.1) is 0 Å². The zero-order valence-electron chi connectivity index (χ0n) is 9.87. The van der Waals surface area contributed by atoms with Crippen molar-refractivity contribution in [3.8, 4) is 0 Å². The zero-order chi connectivity index (χ0) is 12.7. The van der Waals surface area contributed by atoms with Crippen LogP contribution in [0.3, 0.4) is 0 Å². The van der Waals surface area contributed by atoms with Crippen LogP contribution in [0.15, 0.2) is 0 Å². The Morgan fingerprint density at radius 3 is 2.59 bits per heavy atom. The van der Waals surface area contributed by atoms with Crippen LogP contribution in [0.2, 0.25) is 0 Å². The third-order valence-corrected chi connectivity index (χ3v) is 2.82. The first-order valence-electron chi connectivity index (χ1n) is 6.02. The lowest BCUT2D eigenvalue weighted by Gasteiger charge is -2.18. The van der Waals surface area contributed by atoms with Gasteiger partial charge in [0.05, 0.1) is 25.4 Å². The van der Waals surface area contributed by atoms with Gasteiger partial charge < -0.3 is 20.3 Å². The summed E-state index contributed by atoms with van der Waals surface area (Å²) in [5.74, 6) is -3.13. The third-order valence-electron chi connectivity index (χ3n) is 2.82. The number of hydrogen-bond acceptors (Lipinski definition) is 4. The maximum absolute atomic E-state index is 12.6. The molecule has 102 valence electrons. The van der Waals surface area contributed by atoms with Gasteiger partial charge in [-0.3, -0.25) is 0 Å². The lowest BCUT2D eigenvalue weighted by molar-refractivity contribution is -0.0518. The van der Waals surface area contributed by atoms with Gasteiger partial charge in [0.1, 0.15) is 6.61 Å². The lowest BCUT2D eigenvalue weighted by atomic mass is 10.3. The van der Waals surface area contributed by atoms with Crippen LogP contribution in [0.4, 0.5) is 8.78 Å². The molecule has 4 nitrogen and oxygen atoms in total. The van der Waals surface area contributed by atoms with Gasteiger partial charge in [-0.1, -0.05) is 12.8 Å². The van der Waals surface area contributed by atoms with Gasteiger partial charge in [0.15, 0.2) is 0 Å². The van der Waals surface area contributed by atoms with Crippen molar-refractivity contribution in [2.45, 2.75) is 43.8 Å². The number of alkyl halides is 2. The van der Waals surface area contributed by atoms with Crippen LogP contribution in [0.1, 0.15) is 25.7 Å². The number of ether oxygens (including phenoxy) is 1. The molecular formula is C11H21F2NO3. The highest BCUT2D eigenvalue weighted by Crippen LogP contribution is 2.20. The van der Waals surface area contributed by atoms with Gasteiger partial charge in [-0.2, -0.15) is 0 Å². The van der Waals surface area contributed by atoms with E-state index < -0.39 is 25.2 Å². The maximum atomic E-state index is 12.6. The van der Waals surface area contributed by atoms with E-state index in [0.717, 1.165) is 25.7 Å². The predicted molar refractivity (Wildman–Crippen MR) is 59.1 cm³/mol. The summed E-state index contributed by atoms with van der Waals surface area (Å²) in [6.45, 7) is -1.61. The minimum atomic E-state index is -3.13. The summed E-state index contributed by atoms with van der Waals surface area (Å²) in [5.41, 5.74) is 0. The Morgan fingerprint density at radius 1 is 1.35 bits per heavy atom. The molecule has 1 atom stereocenters. The summed E-state index contributed by atoms with van der Waals surface area (Å²) < 4.78 is 30.7. The molecule has 0 aromatic heterocycles. The Bertz CT molecular complexity index is 211. The van der Waals surface area contributed by atoms with Crippen LogP contribution < -0.4 is 5.32 Å². The molecule has 1 rings (SSSR count). The largest absolute Gasteiger partial charge is 0.390 e. The van der Waals surface area contributed by atoms with E-state index in [1.807, 2.05) is 0 Å². The van der Waals surface area contributed by atoms with Crippen molar-refractivity contribution in [2.24, 2.45) is 0 Å². The topological polar surface area (TPSA) is 61.7 Å². The van der Waals surface area contributed by atoms with E-state index >= 15 is 0 Å². The Balaban J connectivity index is 2.02. The maximum Gasteiger partial charge on any atom is 0.282 e. The highest BCUT2D eigenvalue weighted by Gasteiger charge is 2.27.